The van der Waals surface area contributed by atoms with E-state index in [0.29, 0.717) is 10.6 Å². The van der Waals surface area contributed by atoms with E-state index in [-0.39, 0.29) is 17.9 Å². The number of amides is 2. The summed E-state index contributed by atoms with van der Waals surface area (Å²) in [6.07, 6.45) is 0.575. The predicted octanol–water partition coefficient (Wildman–Crippen LogP) is 2.59. The minimum Gasteiger partial charge on any atom is -0.466 e. The molecule has 0 fully saturated rings. The summed E-state index contributed by atoms with van der Waals surface area (Å²) < 4.78 is 5.16. The van der Waals surface area contributed by atoms with Crippen LogP contribution in [0.3, 0.4) is 0 Å². The molecule has 0 bridgehead atoms. The highest BCUT2D eigenvalue weighted by Crippen LogP contribution is 2.28. The van der Waals surface area contributed by atoms with Crippen LogP contribution in [0.5, 0.6) is 0 Å². The molecule has 0 saturated carbocycles. The van der Waals surface area contributed by atoms with Crippen LogP contribution in [0.1, 0.15) is 21.6 Å². The van der Waals surface area contributed by atoms with Crippen LogP contribution in [0.2, 0.25) is 0 Å². The number of aliphatic hydroxyl groups excluding tert-OH is 1. The van der Waals surface area contributed by atoms with E-state index < -0.39 is 22.8 Å². The molecule has 1 atom stereocenters. The van der Waals surface area contributed by atoms with Gasteiger partial charge in [0.05, 0.1) is 17.7 Å². The number of nitro benzene ring substituents is 1. The van der Waals surface area contributed by atoms with Gasteiger partial charge in [-0.2, -0.15) is 0 Å². The lowest BCUT2D eigenvalue weighted by atomic mass is 10.2. The Morgan fingerprint density at radius 1 is 1.14 bits per heavy atom. The van der Waals surface area contributed by atoms with Crippen molar-refractivity contribution in [2.75, 3.05) is 5.32 Å². The Bertz CT molecular complexity index is 981. The summed E-state index contributed by atoms with van der Waals surface area (Å²) in [4.78, 5) is 35.3. The summed E-state index contributed by atoms with van der Waals surface area (Å²) in [6.45, 7) is 0.113. The van der Waals surface area contributed by atoms with Gasteiger partial charge in [-0.1, -0.05) is 0 Å². The second-order valence-corrected chi connectivity index (χ2v) is 6.86. The average molecular weight is 401 g/mol. The number of benzene rings is 1. The molecular formula is C18H15N3O6S. The number of non-ortho nitro benzene ring substituents is 1. The first kappa shape index (κ1) is 19.3. The van der Waals surface area contributed by atoms with Gasteiger partial charge in [-0.15, -0.1) is 11.3 Å². The van der Waals surface area contributed by atoms with Gasteiger partial charge < -0.3 is 20.2 Å². The van der Waals surface area contributed by atoms with Crippen molar-refractivity contribution < 1.29 is 24.0 Å². The van der Waals surface area contributed by atoms with Gasteiger partial charge in [0.1, 0.15) is 11.9 Å². The van der Waals surface area contributed by atoms with Crippen molar-refractivity contribution >= 4 is 34.5 Å². The maximum absolute atomic E-state index is 11.9. The summed E-state index contributed by atoms with van der Waals surface area (Å²) in [5.74, 6) is -1.32. The molecule has 144 valence electrons. The molecule has 0 radical (unpaired) electrons. The third kappa shape index (κ3) is 4.61. The van der Waals surface area contributed by atoms with Crippen LogP contribution in [-0.2, 0) is 16.1 Å². The molecule has 2 aromatic heterocycles. The van der Waals surface area contributed by atoms with Crippen LogP contribution < -0.4 is 10.6 Å². The lowest BCUT2D eigenvalue weighted by Crippen LogP contribution is -2.34. The zero-order valence-corrected chi connectivity index (χ0v) is 15.1. The Morgan fingerprint density at radius 2 is 1.89 bits per heavy atom. The van der Waals surface area contributed by atoms with Crippen molar-refractivity contribution in [1.82, 2.24) is 5.32 Å². The van der Waals surface area contributed by atoms with E-state index in [0.717, 1.165) is 4.88 Å². The Morgan fingerprint density at radius 3 is 2.54 bits per heavy atom. The molecule has 9 nitrogen and oxygen atoms in total. The SMILES string of the molecule is O=C(NCc1ccc(C(O)c2ccco2)s1)C(=O)Nc1ccc([N+](=O)[O-])cc1. The minimum absolute atomic E-state index is 0.113. The fourth-order valence-corrected chi connectivity index (χ4v) is 3.27. The molecule has 0 aliphatic rings. The van der Waals surface area contributed by atoms with E-state index in [4.69, 9.17) is 4.42 Å². The normalized spacial score (nSPS) is 11.6. The van der Waals surface area contributed by atoms with Crippen molar-refractivity contribution in [3.8, 4) is 0 Å². The number of nitro groups is 1. The average Bonchev–Trinajstić information content (AvgIpc) is 3.38. The zero-order chi connectivity index (χ0) is 20.1. The number of rotatable bonds is 6. The number of carbonyl (C=O) groups excluding carboxylic acids is 2. The van der Waals surface area contributed by atoms with Gasteiger partial charge in [0.15, 0.2) is 0 Å². The lowest BCUT2D eigenvalue weighted by molar-refractivity contribution is -0.384. The standard InChI is InChI=1S/C18H15N3O6S/c22-16(14-2-1-9-27-14)15-8-7-13(28-15)10-19-17(23)18(24)20-11-3-5-12(6-4-11)21(25)26/h1-9,16,22H,10H2,(H,19,23)(H,20,24). The third-order valence-electron chi connectivity index (χ3n) is 3.73. The molecule has 3 N–H and O–H groups in total. The van der Waals surface area contributed by atoms with Crippen molar-refractivity contribution in [2.45, 2.75) is 12.6 Å². The van der Waals surface area contributed by atoms with Crippen LogP contribution in [0.15, 0.2) is 59.2 Å². The molecule has 28 heavy (non-hydrogen) atoms. The molecule has 0 aliphatic heterocycles. The first-order valence-corrected chi connectivity index (χ1v) is 8.89. The molecule has 2 amide bonds. The summed E-state index contributed by atoms with van der Waals surface area (Å²) in [5, 5.41) is 25.7. The quantitative estimate of drug-likeness (QED) is 0.330. The number of furan rings is 1. The molecule has 1 unspecified atom stereocenters. The van der Waals surface area contributed by atoms with E-state index in [1.165, 1.54) is 41.9 Å². The van der Waals surface area contributed by atoms with Crippen LogP contribution in [-0.4, -0.2) is 21.8 Å². The second kappa shape index (κ2) is 8.46. The molecule has 2 heterocycles. The number of hydrogen-bond donors (Lipinski definition) is 3. The summed E-state index contributed by atoms with van der Waals surface area (Å²) in [5.41, 5.74) is 0.151. The Balaban J connectivity index is 1.52. The lowest BCUT2D eigenvalue weighted by Gasteiger charge is -2.06. The third-order valence-corrected chi connectivity index (χ3v) is 4.87. The van der Waals surface area contributed by atoms with Gasteiger partial charge in [-0.25, -0.2) is 0 Å². The first-order chi connectivity index (χ1) is 13.4. The topological polar surface area (TPSA) is 135 Å². The number of nitrogens with zero attached hydrogens (tertiary/aromatic N) is 1. The molecule has 0 saturated heterocycles. The molecule has 3 aromatic rings. The number of nitrogens with one attached hydrogen (secondary N) is 2. The van der Waals surface area contributed by atoms with Gasteiger partial charge in [-0.05, 0) is 36.4 Å². The van der Waals surface area contributed by atoms with Crippen molar-refractivity contribution in [3.05, 3.63) is 80.4 Å². The van der Waals surface area contributed by atoms with E-state index in [1.54, 1.807) is 24.3 Å². The molecule has 0 spiro atoms. The molecule has 10 heteroatoms. The minimum atomic E-state index is -0.894. The van der Waals surface area contributed by atoms with E-state index >= 15 is 0 Å². The highest BCUT2D eigenvalue weighted by atomic mass is 32.1. The maximum Gasteiger partial charge on any atom is 0.313 e. The zero-order valence-electron chi connectivity index (χ0n) is 14.3. The molecule has 0 aliphatic carbocycles. The molecular weight excluding hydrogens is 386 g/mol. The van der Waals surface area contributed by atoms with Crippen LogP contribution in [0.25, 0.3) is 0 Å². The van der Waals surface area contributed by atoms with Crippen molar-refractivity contribution in [2.24, 2.45) is 0 Å². The fraction of sp³-hybridized carbons (Fsp3) is 0.111. The van der Waals surface area contributed by atoms with Gasteiger partial charge >= 0.3 is 11.8 Å². The Kier molecular flexibility index (Phi) is 5.82. The number of carbonyl (C=O) groups is 2. The Labute approximate surface area is 162 Å². The maximum atomic E-state index is 11.9. The largest absolute Gasteiger partial charge is 0.466 e. The van der Waals surface area contributed by atoms with E-state index in [2.05, 4.69) is 10.6 Å². The van der Waals surface area contributed by atoms with Crippen molar-refractivity contribution in [1.29, 1.82) is 0 Å². The predicted molar refractivity (Wildman–Crippen MR) is 101 cm³/mol. The monoisotopic (exact) mass is 401 g/mol. The summed E-state index contributed by atoms with van der Waals surface area (Å²) in [6, 6.07) is 11.9. The summed E-state index contributed by atoms with van der Waals surface area (Å²) in [7, 11) is 0. The van der Waals surface area contributed by atoms with Gasteiger partial charge in [-0.3, -0.25) is 19.7 Å². The molecule has 1 aromatic carbocycles. The van der Waals surface area contributed by atoms with E-state index in [9.17, 15) is 24.8 Å². The number of hydrogen-bond acceptors (Lipinski definition) is 7. The highest BCUT2D eigenvalue weighted by molar-refractivity contribution is 7.12. The van der Waals surface area contributed by atoms with Gasteiger partial charge in [0.25, 0.3) is 5.69 Å². The van der Waals surface area contributed by atoms with Crippen LogP contribution >= 0.6 is 11.3 Å². The Hall–Kier alpha value is -3.50. The van der Waals surface area contributed by atoms with Gasteiger partial charge in [0.2, 0.25) is 0 Å². The molecule has 3 rings (SSSR count). The number of aliphatic hydroxyl groups is 1. The smallest absolute Gasteiger partial charge is 0.313 e. The van der Waals surface area contributed by atoms with E-state index in [1.807, 2.05) is 0 Å². The van der Waals surface area contributed by atoms with Crippen molar-refractivity contribution in [3.63, 3.8) is 0 Å². The van der Waals surface area contributed by atoms with Crippen LogP contribution in [0.4, 0.5) is 11.4 Å². The summed E-state index contributed by atoms with van der Waals surface area (Å²) >= 11 is 1.28. The fourth-order valence-electron chi connectivity index (χ4n) is 2.33. The second-order valence-electron chi connectivity index (χ2n) is 5.66. The van der Waals surface area contributed by atoms with Crippen LogP contribution in [0, 0.1) is 10.1 Å². The number of anilines is 1. The first-order valence-electron chi connectivity index (χ1n) is 8.08. The van der Waals surface area contributed by atoms with Gasteiger partial charge in [0, 0.05) is 27.6 Å². The number of thiophene rings is 1. The highest BCUT2D eigenvalue weighted by Gasteiger charge is 2.17.